The largest absolute Gasteiger partial charge is 0.481 e. The third kappa shape index (κ3) is 8.16. The van der Waals surface area contributed by atoms with Crippen LogP contribution in [0.3, 0.4) is 0 Å². The van der Waals surface area contributed by atoms with Crippen LogP contribution in [0, 0.1) is 5.92 Å². The summed E-state index contributed by atoms with van der Waals surface area (Å²) in [4.78, 5) is 40.8. The van der Waals surface area contributed by atoms with E-state index in [-0.39, 0.29) is 18.1 Å². The van der Waals surface area contributed by atoms with Crippen molar-refractivity contribution >= 4 is 29.4 Å². The van der Waals surface area contributed by atoms with Gasteiger partial charge in [-0.15, -0.1) is 0 Å². The summed E-state index contributed by atoms with van der Waals surface area (Å²) < 4.78 is 0. The Labute approximate surface area is 153 Å². The highest BCUT2D eigenvalue weighted by Gasteiger charge is 2.23. The van der Waals surface area contributed by atoms with Gasteiger partial charge in [-0.25, -0.2) is 0 Å². The molecule has 0 radical (unpaired) electrons. The van der Waals surface area contributed by atoms with E-state index in [1.165, 1.54) is 18.0 Å². The molecule has 1 aromatic heterocycles. The van der Waals surface area contributed by atoms with Crippen LogP contribution in [-0.2, 0) is 9.59 Å². The van der Waals surface area contributed by atoms with Crippen molar-refractivity contribution < 1.29 is 19.5 Å². The average molecular weight is 366 g/mol. The SMILES string of the molecule is CCCCN(CCSCC(CC(=O)O)C(=O)c1cccnc1)C(C)=O. The van der Waals surface area contributed by atoms with E-state index >= 15 is 0 Å². The molecule has 138 valence electrons. The van der Waals surface area contributed by atoms with Crippen molar-refractivity contribution in [2.75, 3.05) is 24.6 Å². The predicted octanol–water partition coefficient (Wildman–Crippen LogP) is 2.74. The van der Waals surface area contributed by atoms with Crippen molar-refractivity contribution in [2.45, 2.75) is 33.1 Å². The molecule has 0 bridgehead atoms. The smallest absolute Gasteiger partial charge is 0.304 e. The molecule has 25 heavy (non-hydrogen) atoms. The number of amides is 1. The molecule has 0 saturated heterocycles. The molecule has 0 spiro atoms. The first-order valence-corrected chi connectivity index (χ1v) is 9.60. The Bertz CT molecular complexity index is 565. The first kappa shape index (κ1) is 21.2. The summed E-state index contributed by atoms with van der Waals surface area (Å²) in [5.74, 6) is -0.636. The summed E-state index contributed by atoms with van der Waals surface area (Å²) in [6.45, 7) is 4.98. The summed E-state index contributed by atoms with van der Waals surface area (Å²) in [5, 5.41) is 9.06. The highest BCUT2D eigenvalue weighted by atomic mass is 32.2. The number of carboxylic acids is 1. The van der Waals surface area contributed by atoms with E-state index in [1.54, 1.807) is 30.2 Å². The maximum atomic E-state index is 12.5. The molecule has 1 heterocycles. The number of carbonyl (C=O) groups excluding carboxylic acids is 2. The minimum absolute atomic E-state index is 0.0440. The Kier molecular flexibility index (Phi) is 9.84. The fraction of sp³-hybridized carbons (Fsp3) is 0.556. The number of aromatic nitrogens is 1. The Hall–Kier alpha value is -1.89. The van der Waals surface area contributed by atoms with Crippen molar-refractivity contribution in [3.63, 3.8) is 0 Å². The third-order valence-corrected chi connectivity index (χ3v) is 4.90. The van der Waals surface area contributed by atoms with Crippen LogP contribution < -0.4 is 0 Å². The van der Waals surface area contributed by atoms with Gasteiger partial charge in [0.15, 0.2) is 5.78 Å². The van der Waals surface area contributed by atoms with Gasteiger partial charge in [0.05, 0.1) is 6.42 Å². The van der Waals surface area contributed by atoms with Crippen LogP contribution in [0.15, 0.2) is 24.5 Å². The number of rotatable bonds is 12. The monoisotopic (exact) mass is 366 g/mol. The van der Waals surface area contributed by atoms with E-state index in [0.29, 0.717) is 23.6 Å². The number of nitrogens with zero attached hydrogens (tertiary/aromatic N) is 2. The lowest BCUT2D eigenvalue weighted by molar-refractivity contribution is -0.137. The van der Waals surface area contributed by atoms with Crippen LogP contribution in [0.5, 0.6) is 0 Å². The molecule has 6 nitrogen and oxygen atoms in total. The zero-order chi connectivity index (χ0) is 18.7. The van der Waals surface area contributed by atoms with Gasteiger partial charge in [0.2, 0.25) is 5.91 Å². The molecule has 0 saturated carbocycles. The first-order valence-electron chi connectivity index (χ1n) is 8.45. The minimum Gasteiger partial charge on any atom is -0.481 e. The number of pyridine rings is 1. The van der Waals surface area contributed by atoms with E-state index in [2.05, 4.69) is 11.9 Å². The second-order valence-corrected chi connectivity index (χ2v) is 6.99. The third-order valence-electron chi connectivity index (χ3n) is 3.79. The van der Waals surface area contributed by atoms with Gasteiger partial charge in [0.1, 0.15) is 0 Å². The first-order chi connectivity index (χ1) is 12.0. The normalized spacial score (nSPS) is 11.8. The molecule has 1 N–H and O–H groups in total. The summed E-state index contributed by atoms with van der Waals surface area (Å²) in [6.07, 6.45) is 4.82. The maximum Gasteiger partial charge on any atom is 0.304 e. The van der Waals surface area contributed by atoms with Crippen molar-refractivity contribution in [3.05, 3.63) is 30.1 Å². The topological polar surface area (TPSA) is 87.6 Å². The zero-order valence-corrected chi connectivity index (χ0v) is 15.6. The van der Waals surface area contributed by atoms with Crippen molar-refractivity contribution in [3.8, 4) is 0 Å². The van der Waals surface area contributed by atoms with E-state index < -0.39 is 11.9 Å². The molecule has 1 aromatic rings. The lowest BCUT2D eigenvalue weighted by Gasteiger charge is -2.21. The molecule has 1 atom stereocenters. The molecule has 1 rings (SSSR count). The molecule has 0 aromatic carbocycles. The van der Waals surface area contributed by atoms with E-state index in [1.807, 2.05) is 0 Å². The van der Waals surface area contributed by atoms with Gasteiger partial charge in [-0.1, -0.05) is 13.3 Å². The van der Waals surface area contributed by atoms with E-state index in [0.717, 1.165) is 19.4 Å². The molecule has 0 fully saturated rings. The molecule has 7 heteroatoms. The second kappa shape index (κ2) is 11.6. The summed E-state index contributed by atoms with van der Waals surface area (Å²) in [6, 6.07) is 3.31. The number of carbonyl (C=O) groups is 3. The maximum absolute atomic E-state index is 12.5. The van der Waals surface area contributed by atoms with Gasteiger partial charge in [0, 0.05) is 55.4 Å². The minimum atomic E-state index is -0.990. The molecule has 0 aliphatic heterocycles. The van der Waals surface area contributed by atoms with Crippen LogP contribution >= 0.6 is 11.8 Å². The van der Waals surface area contributed by atoms with Crippen LogP contribution in [0.25, 0.3) is 0 Å². The highest BCUT2D eigenvalue weighted by Crippen LogP contribution is 2.18. The van der Waals surface area contributed by atoms with Gasteiger partial charge < -0.3 is 10.0 Å². The average Bonchev–Trinajstić information content (AvgIpc) is 2.59. The summed E-state index contributed by atoms with van der Waals surface area (Å²) >= 11 is 1.51. The Morgan fingerprint density at radius 3 is 2.64 bits per heavy atom. The molecule has 1 unspecified atom stereocenters. The lowest BCUT2D eigenvalue weighted by atomic mass is 9.97. The fourth-order valence-electron chi connectivity index (χ4n) is 2.36. The quantitative estimate of drug-likeness (QED) is 0.452. The van der Waals surface area contributed by atoms with Gasteiger partial charge in [0.25, 0.3) is 0 Å². The van der Waals surface area contributed by atoms with Crippen molar-refractivity contribution in [1.82, 2.24) is 9.88 Å². The van der Waals surface area contributed by atoms with E-state index in [4.69, 9.17) is 5.11 Å². The van der Waals surface area contributed by atoms with Crippen LogP contribution in [0.2, 0.25) is 0 Å². The Morgan fingerprint density at radius 2 is 2.08 bits per heavy atom. The summed E-state index contributed by atoms with van der Waals surface area (Å²) in [7, 11) is 0. The molecular weight excluding hydrogens is 340 g/mol. The number of hydrogen-bond donors (Lipinski definition) is 1. The lowest BCUT2D eigenvalue weighted by Crippen LogP contribution is -2.32. The number of hydrogen-bond acceptors (Lipinski definition) is 5. The number of ketones is 1. The van der Waals surface area contributed by atoms with Crippen molar-refractivity contribution in [2.24, 2.45) is 5.92 Å². The number of unbranched alkanes of at least 4 members (excludes halogenated alkanes) is 1. The van der Waals surface area contributed by atoms with E-state index in [9.17, 15) is 14.4 Å². The number of thioether (sulfide) groups is 1. The van der Waals surface area contributed by atoms with Gasteiger partial charge >= 0.3 is 5.97 Å². The Morgan fingerprint density at radius 1 is 1.32 bits per heavy atom. The van der Waals surface area contributed by atoms with Crippen LogP contribution in [0.1, 0.15) is 43.5 Å². The number of aliphatic carboxylic acids is 1. The number of Topliss-reactive ketones (excluding diaryl/α,β-unsaturated/α-hetero) is 1. The Balaban J connectivity index is 2.54. The standard InChI is InChI=1S/C18H26N2O4S/c1-3-4-8-20(14(2)21)9-10-25-13-16(11-17(22)23)18(24)15-6-5-7-19-12-15/h5-7,12,16H,3-4,8-11,13H2,1-2H3,(H,22,23). The van der Waals surface area contributed by atoms with Gasteiger partial charge in [-0.3, -0.25) is 19.4 Å². The zero-order valence-electron chi connectivity index (χ0n) is 14.8. The van der Waals surface area contributed by atoms with Gasteiger partial charge in [-0.05, 0) is 18.6 Å². The summed E-state index contributed by atoms with van der Waals surface area (Å²) in [5.41, 5.74) is 0.433. The highest BCUT2D eigenvalue weighted by molar-refractivity contribution is 7.99. The number of carboxylic acid groups (broad SMARTS) is 1. The molecule has 0 aliphatic rings. The van der Waals surface area contributed by atoms with Crippen LogP contribution in [-0.4, -0.2) is 57.2 Å². The fourth-order valence-corrected chi connectivity index (χ4v) is 3.43. The molecule has 0 aliphatic carbocycles. The van der Waals surface area contributed by atoms with Gasteiger partial charge in [-0.2, -0.15) is 11.8 Å². The van der Waals surface area contributed by atoms with Crippen LogP contribution in [0.4, 0.5) is 0 Å². The second-order valence-electron chi connectivity index (χ2n) is 5.84. The molecular formula is C18H26N2O4S. The predicted molar refractivity (Wildman–Crippen MR) is 98.8 cm³/mol. The molecule has 1 amide bonds. The van der Waals surface area contributed by atoms with Crippen molar-refractivity contribution in [1.29, 1.82) is 0 Å².